The van der Waals surface area contributed by atoms with Gasteiger partial charge in [-0.25, -0.2) is 0 Å². The van der Waals surface area contributed by atoms with Crippen molar-refractivity contribution in [3.63, 3.8) is 0 Å². The van der Waals surface area contributed by atoms with Crippen molar-refractivity contribution in [2.24, 2.45) is 0 Å². The molecule has 0 unspecified atom stereocenters. The van der Waals surface area contributed by atoms with Crippen LogP contribution in [0.15, 0.2) is 42.0 Å². The molecule has 3 aromatic rings. The monoisotopic (exact) mass is 395 g/mol. The van der Waals surface area contributed by atoms with E-state index in [0.29, 0.717) is 31.3 Å². The van der Waals surface area contributed by atoms with Crippen LogP contribution in [0.4, 0.5) is 0 Å². The largest absolute Gasteiger partial charge is 0.494 e. The molecule has 0 amide bonds. The number of carbonyl (C=O) groups is 1. The van der Waals surface area contributed by atoms with Gasteiger partial charge in [-0.2, -0.15) is 0 Å². The number of carbonyl (C=O) groups excluding carboxylic acids is 1. The summed E-state index contributed by atoms with van der Waals surface area (Å²) in [5, 5.41) is 1.09. The number of Topliss-reactive ketones (excluding diaryl/α,β-unsaturated/α-hetero) is 1. The van der Waals surface area contributed by atoms with Crippen LogP contribution in [0, 0.1) is 0 Å². The van der Waals surface area contributed by atoms with Gasteiger partial charge in [0, 0.05) is 48.4 Å². The molecular weight excluding hydrogens is 370 g/mol. The van der Waals surface area contributed by atoms with E-state index in [0.717, 1.165) is 48.3 Å². The van der Waals surface area contributed by atoms with E-state index in [-0.39, 0.29) is 0 Å². The maximum absolute atomic E-state index is 11.7. The highest BCUT2D eigenvalue weighted by atomic mass is 32.1. The third-order valence-corrected chi connectivity index (χ3v) is 6.03. The minimum atomic E-state index is 0.392. The van der Waals surface area contributed by atoms with E-state index >= 15 is 0 Å². The molecule has 0 N–H and O–H groups in total. The van der Waals surface area contributed by atoms with Crippen LogP contribution < -0.4 is 4.74 Å². The maximum atomic E-state index is 11.7. The predicted molar refractivity (Wildman–Crippen MR) is 112 cm³/mol. The Morgan fingerprint density at radius 2 is 2.04 bits per heavy atom. The van der Waals surface area contributed by atoms with Crippen molar-refractivity contribution in [2.45, 2.75) is 51.7 Å². The Labute approximate surface area is 169 Å². The van der Waals surface area contributed by atoms with Crippen molar-refractivity contribution in [1.82, 2.24) is 14.9 Å². The summed E-state index contributed by atoms with van der Waals surface area (Å²) in [6, 6.07) is 10.7. The molecule has 146 valence electrons. The zero-order valence-electron chi connectivity index (χ0n) is 16.1. The minimum Gasteiger partial charge on any atom is -0.494 e. The maximum Gasteiger partial charge on any atom is 0.133 e. The first-order chi connectivity index (χ1) is 13.7. The summed E-state index contributed by atoms with van der Waals surface area (Å²) in [7, 11) is 0. The molecule has 0 bridgehead atoms. The number of aromatic nitrogens is 2. The first-order valence-electron chi connectivity index (χ1n) is 9.87. The number of nitrogens with zero attached hydrogens (tertiary/aromatic N) is 3. The van der Waals surface area contributed by atoms with Gasteiger partial charge in [0.15, 0.2) is 0 Å². The molecule has 0 atom stereocenters. The SMILES string of the molecule is CCOc1ccc2nc(CN(Cc3cncs3)C3CCC(=O)CC3)ccc2c1. The lowest BCUT2D eigenvalue weighted by atomic mass is 9.93. The van der Waals surface area contributed by atoms with Crippen LogP contribution in [-0.4, -0.2) is 33.3 Å². The van der Waals surface area contributed by atoms with Crippen molar-refractivity contribution >= 4 is 28.0 Å². The Bertz CT molecular complexity index is 932. The van der Waals surface area contributed by atoms with Crippen LogP contribution in [0.25, 0.3) is 10.9 Å². The number of thiazole rings is 1. The molecule has 1 aromatic carbocycles. The second kappa shape index (κ2) is 8.80. The van der Waals surface area contributed by atoms with E-state index in [1.54, 1.807) is 11.3 Å². The molecular formula is C22H25N3O2S. The molecule has 0 spiro atoms. The molecule has 0 saturated heterocycles. The fourth-order valence-electron chi connectivity index (χ4n) is 3.82. The number of rotatable bonds is 7. The van der Waals surface area contributed by atoms with Gasteiger partial charge >= 0.3 is 0 Å². The van der Waals surface area contributed by atoms with Crippen LogP contribution in [0.1, 0.15) is 43.2 Å². The number of ether oxygens (including phenoxy) is 1. The molecule has 5 nitrogen and oxygen atoms in total. The summed E-state index contributed by atoms with van der Waals surface area (Å²) in [5.41, 5.74) is 3.91. The van der Waals surface area contributed by atoms with Crippen LogP contribution in [0.2, 0.25) is 0 Å². The highest BCUT2D eigenvalue weighted by Gasteiger charge is 2.25. The molecule has 2 aromatic heterocycles. The Balaban J connectivity index is 1.54. The molecule has 2 heterocycles. The number of hydrogen-bond donors (Lipinski definition) is 0. The molecule has 0 radical (unpaired) electrons. The van der Waals surface area contributed by atoms with Crippen LogP contribution >= 0.6 is 11.3 Å². The van der Waals surface area contributed by atoms with Gasteiger partial charge in [-0.05, 0) is 44.0 Å². The van der Waals surface area contributed by atoms with Gasteiger partial charge in [0.05, 0.1) is 23.3 Å². The van der Waals surface area contributed by atoms with Crippen molar-refractivity contribution in [1.29, 1.82) is 0 Å². The van der Waals surface area contributed by atoms with Crippen molar-refractivity contribution in [2.75, 3.05) is 6.61 Å². The summed E-state index contributed by atoms with van der Waals surface area (Å²) in [6.07, 6.45) is 5.19. The van der Waals surface area contributed by atoms with Crippen LogP contribution in [0.3, 0.4) is 0 Å². The normalized spacial score (nSPS) is 15.4. The Morgan fingerprint density at radius 3 is 2.79 bits per heavy atom. The average Bonchev–Trinajstić information content (AvgIpc) is 3.22. The molecule has 1 aliphatic carbocycles. The highest BCUT2D eigenvalue weighted by molar-refractivity contribution is 7.09. The summed E-state index contributed by atoms with van der Waals surface area (Å²) < 4.78 is 5.59. The summed E-state index contributed by atoms with van der Waals surface area (Å²) in [6.45, 7) is 4.28. The van der Waals surface area contributed by atoms with Crippen molar-refractivity contribution < 1.29 is 9.53 Å². The fraction of sp³-hybridized carbons (Fsp3) is 0.409. The number of hydrogen-bond acceptors (Lipinski definition) is 6. The first kappa shape index (κ1) is 19.0. The van der Waals surface area contributed by atoms with Gasteiger partial charge in [0.1, 0.15) is 11.5 Å². The Morgan fingerprint density at radius 1 is 1.18 bits per heavy atom. The van der Waals surface area contributed by atoms with Gasteiger partial charge in [-0.15, -0.1) is 11.3 Å². The van der Waals surface area contributed by atoms with Crippen LogP contribution in [-0.2, 0) is 17.9 Å². The highest BCUT2D eigenvalue weighted by Crippen LogP contribution is 2.26. The zero-order valence-corrected chi connectivity index (χ0v) is 17.0. The number of ketones is 1. The lowest BCUT2D eigenvalue weighted by Crippen LogP contribution is -2.37. The fourth-order valence-corrected chi connectivity index (χ4v) is 4.44. The zero-order chi connectivity index (χ0) is 19.3. The Kier molecular flexibility index (Phi) is 5.98. The number of pyridine rings is 1. The molecule has 6 heteroatoms. The predicted octanol–water partition coefficient (Wildman–Crippen LogP) is 4.60. The van der Waals surface area contributed by atoms with E-state index in [1.165, 1.54) is 4.88 Å². The standard InChI is InChI=1S/C22H25N3O2S/c1-2-27-20-9-10-22-16(11-20)3-4-17(24-22)13-25(14-21-12-23-15-28-21)18-5-7-19(26)8-6-18/h3-4,9-12,15,18H,2,5-8,13-14H2,1H3. The lowest BCUT2D eigenvalue weighted by Gasteiger charge is -2.33. The molecule has 1 saturated carbocycles. The smallest absolute Gasteiger partial charge is 0.133 e. The van der Waals surface area contributed by atoms with Crippen molar-refractivity contribution in [3.05, 3.63) is 52.6 Å². The van der Waals surface area contributed by atoms with Gasteiger partial charge in [-0.1, -0.05) is 6.07 Å². The topological polar surface area (TPSA) is 55.3 Å². The number of benzene rings is 1. The van der Waals surface area contributed by atoms with Gasteiger partial charge in [0.2, 0.25) is 0 Å². The van der Waals surface area contributed by atoms with E-state index < -0.39 is 0 Å². The van der Waals surface area contributed by atoms with Crippen LogP contribution in [0.5, 0.6) is 5.75 Å². The molecule has 28 heavy (non-hydrogen) atoms. The van der Waals surface area contributed by atoms with E-state index in [1.807, 2.05) is 36.8 Å². The molecule has 1 aliphatic rings. The third kappa shape index (κ3) is 4.56. The minimum absolute atomic E-state index is 0.392. The van der Waals surface area contributed by atoms with E-state index in [4.69, 9.17) is 9.72 Å². The summed E-state index contributed by atoms with van der Waals surface area (Å²) in [4.78, 5) is 24.5. The second-order valence-electron chi connectivity index (χ2n) is 7.23. The molecule has 0 aliphatic heterocycles. The average molecular weight is 396 g/mol. The van der Waals surface area contributed by atoms with Gasteiger partial charge < -0.3 is 4.74 Å². The number of fused-ring (bicyclic) bond motifs is 1. The second-order valence-corrected chi connectivity index (χ2v) is 8.20. The molecule has 1 fully saturated rings. The van der Waals surface area contributed by atoms with Crippen molar-refractivity contribution in [3.8, 4) is 5.75 Å². The van der Waals surface area contributed by atoms with Gasteiger partial charge in [-0.3, -0.25) is 19.7 Å². The first-order valence-corrected chi connectivity index (χ1v) is 10.7. The van der Waals surface area contributed by atoms with E-state index in [9.17, 15) is 4.79 Å². The van der Waals surface area contributed by atoms with E-state index in [2.05, 4.69) is 22.0 Å². The quantitative estimate of drug-likeness (QED) is 0.585. The lowest BCUT2D eigenvalue weighted by molar-refractivity contribution is -0.121. The third-order valence-electron chi connectivity index (χ3n) is 5.27. The summed E-state index contributed by atoms with van der Waals surface area (Å²) >= 11 is 1.68. The summed E-state index contributed by atoms with van der Waals surface area (Å²) in [5.74, 6) is 1.27. The van der Waals surface area contributed by atoms with Gasteiger partial charge in [0.25, 0.3) is 0 Å². The Hall–Kier alpha value is -2.31. The molecule has 4 rings (SSSR count).